The number of nitro benzene ring substituents is 1. The number of ether oxygens (including phenoxy) is 2. The fourth-order valence-electron chi connectivity index (χ4n) is 2.93. The van der Waals surface area contributed by atoms with Gasteiger partial charge in [-0.15, -0.1) is 0 Å². The summed E-state index contributed by atoms with van der Waals surface area (Å²) in [5.41, 5.74) is 2.26. The van der Waals surface area contributed by atoms with Crippen molar-refractivity contribution in [3.05, 3.63) is 74.7 Å². The monoisotopic (exact) mass is 411 g/mol. The third kappa shape index (κ3) is 4.40. The summed E-state index contributed by atoms with van der Waals surface area (Å²) in [6.07, 6.45) is 0. The van der Waals surface area contributed by atoms with Gasteiger partial charge in [0.15, 0.2) is 5.69 Å². The molecule has 2 aromatic carbocycles. The Morgan fingerprint density at radius 1 is 1.20 bits per heavy atom. The molecule has 0 bridgehead atoms. The minimum absolute atomic E-state index is 0.00220. The van der Waals surface area contributed by atoms with E-state index in [1.165, 1.54) is 25.3 Å². The first-order valence-electron chi connectivity index (χ1n) is 9.09. The van der Waals surface area contributed by atoms with E-state index in [2.05, 4.69) is 10.5 Å². The number of aryl methyl sites for hydroxylation is 3. The van der Waals surface area contributed by atoms with Crippen molar-refractivity contribution in [2.75, 3.05) is 12.4 Å². The van der Waals surface area contributed by atoms with Gasteiger partial charge in [0.1, 0.15) is 29.6 Å². The minimum Gasteiger partial charge on any atom is -0.496 e. The molecule has 0 aliphatic carbocycles. The summed E-state index contributed by atoms with van der Waals surface area (Å²) in [4.78, 5) is 23.5. The minimum atomic E-state index is -0.639. The van der Waals surface area contributed by atoms with Crippen LogP contribution in [0.5, 0.6) is 11.5 Å². The van der Waals surface area contributed by atoms with E-state index in [0.717, 1.165) is 11.1 Å². The van der Waals surface area contributed by atoms with Gasteiger partial charge in [0.25, 0.3) is 11.6 Å². The van der Waals surface area contributed by atoms with E-state index < -0.39 is 10.8 Å². The molecule has 0 atom stereocenters. The summed E-state index contributed by atoms with van der Waals surface area (Å²) < 4.78 is 16.0. The van der Waals surface area contributed by atoms with E-state index in [4.69, 9.17) is 14.0 Å². The molecule has 0 radical (unpaired) electrons. The van der Waals surface area contributed by atoms with Crippen LogP contribution in [-0.4, -0.2) is 23.1 Å². The van der Waals surface area contributed by atoms with Crippen molar-refractivity contribution in [1.29, 1.82) is 0 Å². The zero-order chi connectivity index (χ0) is 21.8. The van der Waals surface area contributed by atoms with Gasteiger partial charge in [-0.05, 0) is 44.5 Å². The second-order valence-electron chi connectivity index (χ2n) is 6.72. The van der Waals surface area contributed by atoms with Gasteiger partial charge in [0, 0.05) is 0 Å². The lowest BCUT2D eigenvalue weighted by molar-refractivity contribution is -0.384. The fraction of sp³-hybridized carbons (Fsp3) is 0.238. The first-order valence-corrected chi connectivity index (χ1v) is 9.09. The molecule has 3 rings (SSSR count). The lowest BCUT2D eigenvalue weighted by atomic mass is 10.1. The van der Waals surface area contributed by atoms with Gasteiger partial charge in [-0.3, -0.25) is 14.9 Å². The summed E-state index contributed by atoms with van der Waals surface area (Å²) in [6.45, 7) is 5.65. The molecule has 1 heterocycles. The second kappa shape index (κ2) is 8.64. The molecule has 0 aliphatic heterocycles. The van der Waals surface area contributed by atoms with Gasteiger partial charge in [-0.1, -0.05) is 22.9 Å². The van der Waals surface area contributed by atoms with Crippen LogP contribution < -0.4 is 14.8 Å². The molecule has 1 amide bonds. The van der Waals surface area contributed by atoms with Gasteiger partial charge in [0.05, 0.1) is 23.7 Å². The summed E-state index contributed by atoms with van der Waals surface area (Å²) in [5.74, 6) is 0.770. The highest BCUT2D eigenvalue weighted by atomic mass is 16.6. The first-order chi connectivity index (χ1) is 14.3. The molecular weight excluding hydrogens is 390 g/mol. The van der Waals surface area contributed by atoms with Crippen LogP contribution in [0, 0.1) is 30.9 Å². The second-order valence-corrected chi connectivity index (χ2v) is 6.72. The number of rotatable bonds is 7. The van der Waals surface area contributed by atoms with E-state index in [1.807, 2.05) is 32.0 Å². The normalized spacial score (nSPS) is 10.5. The number of amides is 1. The van der Waals surface area contributed by atoms with Crippen molar-refractivity contribution >= 4 is 17.3 Å². The van der Waals surface area contributed by atoms with Crippen LogP contribution in [0.25, 0.3) is 0 Å². The number of benzene rings is 2. The highest BCUT2D eigenvalue weighted by Crippen LogP contribution is 2.30. The Hall–Kier alpha value is -3.88. The zero-order valence-electron chi connectivity index (χ0n) is 17.0. The highest BCUT2D eigenvalue weighted by Gasteiger charge is 2.24. The van der Waals surface area contributed by atoms with Crippen molar-refractivity contribution in [3.63, 3.8) is 0 Å². The smallest absolute Gasteiger partial charge is 0.296 e. The van der Waals surface area contributed by atoms with Crippen LogP contribution >= 0.6 is 0 Å². The number of carbonyl (C=O) groups is 1. The molecule has 0 saturated heterocycles. The number of hydrogen-bond donors (Lipinski definition) is 1. The topological polar surface area (TPSA) is 117 Å². The number of aromatic nitrogens is 1. The van der Waals surface area contributed by atoms with E-state index in [0.29, 0.717) is 22.8 Å². The largest absolute Gasteiger partial charge is 0.496 e. The van der Waals surface area contributed by atoms with Crippen LogP contribution in [0.4, 0.5) is 11.4 Å². The Labute approximate surface area is 172 Å². The molecule has 156 valence electrons. The molecule has 3 aromatic rings. The standard InChI is InChI=1S/C21H21N3O6/c1-12-5-8-19(13(2)9-12)29-11-16-14(3)30-23-20(16)21(25)22-17-7-6-15(28-4)10-18(17)24(26)27/h5-10H,11H2,1-4H3,(H,22,25). The maximum absolute atomic E-state index is 12.8. The lowest BCUT2D eigenvalue weighted by Crippen LogP contribution is -2.16. The van der Waals surface area contributed by atoms with Crippen molar-refractivity contribution in [2.45, 2.75) is 27.4 Å². The number of carbonyl (C=O) groups excluding carboxylic acids is 1. The molecular formula is C21H21N3O6. The van der Waals surface area contributed by atoms with Crippen molar-refractivity contribution in [1.82, 2.24) is 5.16 Å². The van der Waals surface area contributed by atoms with E-state index in [-0.39, 0.29) is 23.7 Å². The quantitative estimate of drug-likeness (QED) is 0.454. The highest BCUT2D eigenvalue weighted by molar-refractivity contribution is 6.05. The number of anilines is 1. The average molecular weight is 411 g/mol. The molecule has 1 N–H and O–H groups in total. The molecule has 0 saturated carbocycles. The fourth-order valence-corrected chi connectivity index (χ4v) is 2.93. The van der Waals surface area contributed by atoms with Crippen LogP contribution in [0.2, 0.25) is 0 Å². The van der Waals surface area contributed by atoms with Gasteiger partial charge in [0.2, 0.25) is 0 Å². The van der Waals surface area contributed by atoms with E-state index >= 15 is 0 Å². The molecule has 0 spiro atoms. The van der Waals surface area contributed by atoms with Gasteiger partial charge < -0.3 is 19.3 Å². The maximum atomic E-state index is 12.8. The zero-order valence-corrected chi connectivity index (χ0v) is 17.0. The number of hydrogen-bond acceptors (Lipinski definition) is 7. The van der Waals surface area contributed by atoms with E-state index in [1.54, 1.807) is 6.92 Å². The predicted octanol–water partition coefficient (Wildman–Crippen LogP) is 4.35. The number of nitro groups is 1. The Morgan fingerprint density at radius 2 is 1.97 bits per heavy atom. The number of nitrogens with zero attached hydrogens (tertiary/aromatic N) is 2. The molecule has 0 aliphatic rings. The lowest BCUT2D eigenvalue weighted by Gasteiger charge is -2.10. The molecule has 9 nitrogen and oxygen atoms in total. The summed E-state index contributed by atoms with van der Waals surface area (Å²) in [7, 11) is 1.40. The average Bonchev–Trinajstić information content (AvgIpc) is 3.08. The third-order valence-corrected chi connectivity index (χ3v) is 4.55. The summed E-state index contributed by atoms with van der Waals surface area (Å²) >= 11 is 0. The number of methoxy groups -OCH3 is 1. The van der Waals surface area contributed by atoms with Crippen LogP contribution in [0.15, 0.2) is 40.9 Å². The van der Waals surface area contributed by atoms with Crippen LogP contribution in [-0.2, 0) is 6.61 Å². The van der Waals surface area contributed by atoms with Gasteiger partial charge in [-0.2, -0.15) is 0 Å². The summed E-state index contributed by atoms with van der Waals surface area (Å²) in [6, 6.07) is 9.92. The Kier molecular flexibility index (Phi) is 6.01. The predicted molar refractivity (Wildman–Crippen MR) is 109 cm³/mol. The van der Waals surface area contributed by atoms with Crippen LogP contribution in [0.1, 0.15) is 32.9 Å². The third-order valence-electron chi connectivity index (χ3n) is 4.55. The van der Waals surface area contributed by atoms with Crippen molar-refractivity contribution < 1.29 is 23.7 Å². The molecule has 0 fully saturated rings. The Bertz CT molecular complexity index is 1110. The maximum Gasteiger partial charge on any atom is 0.296 e. The van der Waals surface area contributed by atoms with Gasteiger partial charge >= 0.3 is 0 Å². The molecule has 1 aromatic heterocycles. The Morgan fingerprint density at radius 3 is 2.63 bits per heavy atom. The molecule has 30 heavy (non-hydrogen) atoms. The van der Waals surface area contributed by atoms with Crippen LogP contribution in [0.3, 0.4) is 0 Å². The molecule has 9 heteroatoms. The SMILES string of the molecule is COc1ccc(NC(=O)c2noc(C)c2COc2ccc(C)cc2C)c([N+](=O)[O-])c1. The van der Waals surface area contributed by atoms with Crippen molar-refractivity contribution in [3.8, 4) is 11.5 Å². The first kappa shape index (κ1) is 20.8. The van der Waals surface area contributed by atoms with E-state index in [9.17, 15) is 14.9 Å². The molecule has 0 unspecified atom stereocenters. The van der Waals surface area contributed by atoms with Gasteiger partial charge in [-0.25, -0.2) is 0 Å². The Balaban J connectivity index is 1.82. The number of nitrogens with one attached hydrogen (secondary N) is 1. The van der Waals surface area contributed by atoms with Crippen molar-refractivity contribution in [2.24, 2.45) is 0 Å². The summed E-state index contributed by atoms with van der Waals surface area (Å²) in [5, 5.41) is 17.7.